The number of ether oxygens (including phenoxy) is 1. The van der Waals surface area contributed by atoms with Gasteiger partial charge in [0.25, 0.3) is 5.91 Å². The summed E-state index contributed by atoms with van der Waals surface area (Å²) in [6.45, 7) is 0.147. The Labute approximate surface area is 153 Å². The number of rotatable bonds is 5. The molecular formula is C20H15F3N2O2. The van der Waals surface area contributed by atoms with Crippen molar-refractivity contribution in [2.75, 3.05) is 0 Å². The van der Waals surface area contributed by atoms with E-state index >= 15 is 0 Å². The van der Waals surface area contributed by atoms with Crippen molar-refractivity contribution in [3.8, 4) is 11.6 Å². The van der Waals surface area contributed by atoms with Crippen molar-refractivity contribution in [1.82, 2.24) is 10.3 Å². The van der Waals surface area contributed by atoms with Crippen LogP contribution >= 0.6 is 0 Å². The predicted molar refractivity (Wildman–Crippen MR) is 93.4 cm³/mol. The van der Waals surface area contributed by atoms with Gasteiger partial charge in [-0.1, -0.05) is 24.3 Å². The summed E-state index contributed by atoms with van der Waals surface area (Å²) in [5.41, 5.74) is -0.171. The molecule has 0 spiro atoms. The molecule has 1 N–H and O–H groups in total. The van der Waals surface area contributed by atoms with E-state index in [0.717, 1.165) is 17.7 Å². The molecule has 1 amide bonds. The largest absolute Gasteiger partial charge is 0.439 e. The summed E-state index contributed by atoms with van der Waals surface area (Å²) in [6.07, 6.45) is -2.89. The third-order valence-electron chi connectivity index (χ3n) is 3.66. The van der Waals surface area contributed by atoms with Gasteiger partial charge in [-0.15, -0.1) is 0 Å². The Kier molecular flexibility index (Phi) is 5.40. The van der Waals surface area contributed by atoms with Crippen LogP contribution in [-0.4, -0.2) is 10.9 Å². The Bertz CT molecular complexity index is 928. The zero-order chi connectivity index (χ0) is 19.3. The summed E-state index contributed by atoms with van der Waals surface area (Å²) in [4.78, 5) is 16.2. The summed E-state index contributed by atoms with van der Waals surface area (Å²) in [5, 5.41) is 2.61. The summed E-state index contributed by atoms with van der Waals surface area (Å²) in [7, 11) is 0. The molecular weight excluding hydrogens is 357 g/mol. The number of pyridine rings is 1. The van der Waals surface area contributed by atoms with E-state index in [2.05, 4.69) is 10.3 Å². The lowest BCUT2D eigenvalue weighted by Crippen LogP contribution is -2.23. The number of benzene rings is 2. The smallest absolute Gasteiger partial charge is 0.416 e. The molecule has 0 fully saturated rings. The van der Waals surface area contributed by atoms with E-state index in [-0.39, 0.29) is 12.1 Å². The van der Waals surface area contributed by atoms with Crippen LogP contribution in [0.25, 0.3) is 0 Å². The minimum absolute atomic E-state index is 0.0503. The molecule has 0 radical (unpaired) electrons. The van der Waals surface area contributed by atoms with Gasteiger partial charge in [0, 0.05) is 24.4 Å². The SMILES string of the molecule is O=C(NCc1cccc(Oc2ccccn2)c1)c1cccc(C(F)(F)F)c1. The molecule has 0 unspecified atom stereocenters. The number of nitrogens with one attached hydrogen (secondary N) is 1. The van der Waals surface area contributed by atoms with Gasteiger partial charge in [0.2, 0.25) is 5.88 Å². The molecule has 3 rings (SSSR count). The van der Waals surface area contributed by atoms with Crippen LogP contribution in [0.15, 0.2) is 72.9 Å². The number of amides is 1. The first-order chi connectivity index (χ1) is 12.9. The average molecular weight is 372 g/mol. The topological polar surface area (TPSA) is 51.2 Å². The third kappa shape index (κ3) is 5.07. The second-order valence-corrected chi connectivity index (χ2v) is 5.68. The first-order valence-corrected chi connectivity index (χ1v) is 8.05. The summed E-state index contributed by atoms with van der Waals surface area (Å²) < 4.78 is 43.9. The highest BCUT2D eigenvalue weighted by Gasteiger charge is 2.30. The number of hydrogen-bond donors (Lipinski definition) is 1. The second-order valence-electron chi connectivity index (χ2n) is 5.68. The van der Waals surface area contributed by atoms with Crippen molar-refractivity contribution < 1.29 is 22.7 Å². The van der Waals surface area contributed by atoms with Crippen LogP contribution < -0.4 is 10.1 Å². The lowest BCUT2D eigenvalue weighted by Gasteiger charge is -2.10. The monoisotopic (exact) mass is 372 g/mol. The summed E-state index contributed by atoms with van der Waals surface area (Å²) in [6, 6.07) is 16.6. The maximum atomic E-state index is 12.8. The van der Waals surface area contributed by atoms with Crippen LogP contribution in [0.4, 0.5) is 13.2 Å². The molecule has 138 valence electrons. The minimum atomic E-state index is -4.49. The standard InChI is InChI=1S/C20H15F3N2O2/c21-20(22,23)16-7-4-6-15(12-16)19(26)25-13-14-5-3-8-17(11-14)27-18-9-1-2-10-24-18/h1-12H,13H2,(H,25,26). The van der Waals surface area contributed by atoms with Gasteiger partial charge in [0.1, 0.15) is 5.75 Å². The zero-order valence-corrected chi connectivity index (χ0v) is 14.0. The van der Waals surface area contributed by atoms with Gasteiger partial charge in [-0.05, 0) is 42.0 Å². The van der Waals surface area contributed by atoms with Gasteiger partial charge >= 0.3 is 6.18 Å². The van der Waals surface area contributed by atoms with Crippen molar-refractivity contribution in [3.63, 3.8) is 0 Å². The Balaban J connectivity index is 1.65. The molecule has 0 saturated carbocycles. The van der Waals surface area contributed by atoms with E-state index in [1.165, 1.54) is 12.1 Å². The summed E-state index contributed by atoms with van der Waals surface area (Å²) >= 11 is 0. The molecule has 4 nitrogen and oxygen atoms in total. The number of carbonyl (C=O) groups excluding carboxylic acids is 1. The Morgan fingerprint density at radius 1 is 1.00 bits per heavy atom. The Morgan fingerprint density at radius 3 is 2.56 bits per heavy atom. The van der Waals surface area contributed by atoms with E-state index in [4.69, 9.17) is 4.74 Å². The Hall–Kier alpha value is -3.35. The van der Waals surface area contributed by atoms with E-state index in [0.29, 0.717) is 11.6 Å². The number of aromatic nitrogens is 1. The fourth-order valence-corrected chi connectivity index (χ4v) is 2.37. The maximum Gasteiger partial charge on any atom is 0.416 e. The number of hydrogen-bond acceptors (Lipinski definition) is 3. The molecule has 0 bridgehead atoms. The number of alkyl halides is 3. The number of nitrogens with zero attached hydrogens (tertiary/aromatic N) is 1. The van der Waals surface area contributed by atoms with E-state index in [1.54, 1.807) is 48.7 Å². The van der Waals surface area contributed by atoms with Crippen LogP contribution in [0.1, 0.15) is 21.5 Å². The van der Waals surface area contributed by atoms with Gasteiger partial charge in [-0.2, -0.15) is 13.2 Å². The molecule has 1 heterocycles. The molecule has 27 heavy (non-hydrogen) atoms. The van der Waals surface area contributed by atoms with Crippen LogP contribution in [0.5, 0.6) is 11.6 Å². The highest BCUT2D eigenvalue weighted by Crippen LogP contribution is 2.29. The summed E-state index contributed by atoms with van der Waals surface area (Å²) in [5.74, 6) is 0.388. The van der Waals surface area contributed by atoms with Crippen molar-refractivity contribution >= 4 is 5.91 Å². The van der Waals surface area contributed by atoms with Crippen LogP contribution in [0, 0.1) is 0 Å². The lowest BCUT2D eigenvalue weighted by atomic mass is 10.1. The molecule has 0 aliphatic rings. The normalized spacial score (nSPS) is 11.1. The molecule has 3 aromatic rings. The third-order valence-corrected chi connectivity index (χ3v) is 3.66. The number of halogens is 3. The molecule has 1 aromatic heterocycles. The fraction of sp³-hybridized carbons (Fsp3) is 0.100. The molecule has 2 aromatic carbocycles. The van der Waals surface area contributed by atoms with E-state index in [9.17, 15) is 18.0 Å². The predicted octanol–water partition coefficient (Wildman–Crippen LogP) is 4.82. The number of carbonyl (C=O) groups is 1. The van der Waals surface area contributed by atoms with Crippen LogP contribution in [-0.2, 0) is 12.7 Å². The fourth-order valence-electron chi connectivity index (χ4n) is 2.37. The van der Waals surface area contributed by atoms with Gasteiger partial charge in [0.15, 0.2) is 0 Å². The molecule has 7 heteroatoms. The van der Waals surface area contributed by atoms with Gasteiger partial charge in [0.05, 0.1) is 5.56 Å². The molecule has 0 saturated heterocycles. The highest BCUT2D eigenvalue weighted by molar-refractivity contribution is 5.94. The van der Waals surface area contributed by atoms with Crippen molar-refractivity contribution in [2.24, 2.45) is 0 Å². The van der Waals surface area contributed by atoms with Gasteiger partial charge in [-0.25, -0.2) is 4.98 Å². The van der Waals surface area contributed by atoms with E-state index < -0.39 is 17.6 Å². The van der Waals surface area contributed by atoms with Crippen molar-refractivity contribution in [2.45, 2.75) is 12.7 Å². The first kappa shape index (κ1) is 18.4. The molecule has 0 atom stereocenters. The Morgan fingerprint density at radius 2 is 1.81 bits per heavy atom. The quantitative estimate of drug-likeness (QED) is 0.698. The molecule has 0 aliphatic carbocycles. The van der Waals surface area contributed by atoms with Crippen LogP contribution in [0.2, 0.25) is 0 Å². The zero-order valence-electron chi connectivity index (χ0n) is 14.0. The molecule has 0 aliphatic heterocycles. The van der Waals surface area contributed by atoms with Crippen molar-refractivity contribution in [3.05, 3.63) is 89.6 Å². The maximum absolute atomic E-state index is 12.8. The van der Waals surface area contributed by atoms with Crippen LogP contribution in [0.3, 0.4) is 0 Å². The lowest BCUT2D eigenvalue weighted by molar-refractivity contribution is -0.137. The van der Waals surface area contributed by atoms with Crippen molar-refractivity contribution in [1.29, 1.82) is 0 Å². The average Bonchev–Trinajstić information content (AvgIpc) is 2.67. The van der Waals surface area contributed by atoms with E-state index in [1.807, 2.05) is 0 Å². The minimum Gasteiger partial charge on any atom is -0.439 e. The van der Waals surface area contributed by atoms with Gasteiger partial charge < -0.3 is 10.1 Å². The highest BCUT2D eigenvalue weighted by atomic mass is 19.4. The van der Waals surface area contributed by atoms with Gasteiger partial charge in [-0.3, -0.25) is 4.79 Å². The second kappa shape index (κ2) is 7.90. The first-order valence-electron chi connectivity index (χ1n) is 8.05.